The van der Waals surface area contributed by atoms with Crippen LogP contribution in [0.3, 0.4) is 0 Å². The highest BCUT2D eigenvalue weighted by Crippen LogP contribution is 2.18. The van der Waals surface area contributed by atoms with Crippen molar-refractivity contribution < 1.29 is 0 Å². The zero-order valence-corrected chi connectivity index (χ0v) is 18.4. The molecule has 1 heterocycles. The first kappa shape index (κ1) is 23.4. The molecule has 1 aliphatic rings. The molecule has 2 nitrogen and oxygen atoms in total. The van der Waals surface area contributed by atoms with Crippen LogP contribution in [0.15, 0.2) is 12.4 Å². The highest BCUT2D eigenvalue weighted by Gasteiger charge is 2.20. The van der Waals surface area contributed by atoms with Crippen LogP contribution in [-0.2, 0) is 0 Å². The van der Waals surface area contributed by atoms with E-state index in [1.54, 1.807) is 0 Å². The molecule has 0 radical (unpaired) electrons. The lowest BCUT2D eigenvalue weighted by Crippen LogP contribution is -2.36. The molecule has 0 aliphatic carbocycles. The minimum atomic E-state index is 0.573. The Morgan fingerprint density at radius 1 is 0.500 bits per heavy atom. The molecular weight excluding hydrogens is 316 g/mol. The van der Waals surface area contributed by atoms with E-state index in [-0.39, 0.29) is 0 Å². The monoisotopic (exact) mass is 364 g/mol. The van der Waals surface area contributed by atoms with Gasteiger partial charge in [-0.25, -0.2) is 0 Å². The number of unbranched alkanes of at least 4 members (excludes halogenated alkanes) is 14. The van der Waals surface area contributed by atoms with Gasteiger partial charge in [-0.05, 0) is 19.8 Å². The maximum Gasteiger partial charge on any atom is 0.0977 e. The van der Waals surface area contributed by atoms with Gasteiger partial charge >= 0.3 is 0 Å². The Bertz CT molecular complexity index is 296. The zero-order chi connectivity index (χ0) is 18.9. The minimum absolute atomic E-state index is 0.573. The van der Waals surface area contributed by atoms with Crippen molar-refractivity contribution in [3.05, 3.63) is 12.4 Å². The van der Waals surface area contributed by atoms with Crippen LogP contribution in [-0.4, -0.2) is 29.1 Å². The Morgan fingerprint density at radius 3 is 1.15 bits per heavy atom. The molecule has 1 rings (SSSR count). The fraction of sp³-hybridized carbons (Fsp3) is 0.917. The van der Waals surface area contributed by atoms with Crippen LogP contribution in [0.1, 0.15) is 124 Å². The average molecular weight is 365 g/mol. The second-order valence-electron chi connectivity index (χ2n) is 8.36. The summed E-state index contributed by atoms with van der Waals surface area (Å²) >= 11 is 0. The normalized spacial score (nSPS) is 14.7. The van der Waals surface area contributed by atoms with E-state index in [9.17, 15) is 0 Å². The Hall–Kier alpha value is -0.660. The molecule has 0 unspecified atom stereocenters. The van der Waals surface area contributed by atoms with Gasteiger partial charge in [0.2, 0.25) is 0 Å². The van der Waals surface area contributed by atoms with Crippen molar-refractivity contribution in [3.8, 4) is 0 Å². The Balaban J connectivity index is 1.95. The van der Waals surface area contributed by atoms with E-state index in [0.717, 1.165) is 0 Å². The molecule has 1 aliphatic heterocycles. The number of nitrogens with zero attached hydrogens (tertiary/aromatic N) is 2. The second-order valence-corrected chi connectivity index (χ2v) is 8.36. The minimum Gasteiger partial charge on any atom is -0.356 e. The lowest BCUT2D eigenvalue weighted by Gasteiger charge is -2.30. The summed E-state index contributed by atoms with van der Waals surface area (Å²) in [6.07, 6.45) is 27.8. The van der Waals surface area contributed by atoms with Crippen LogP contribution in [0, 0.1) is 0 Å². The van der Waals surface area contributed by atoms with Crippen molar-refractivity contribution in [1.82, 2.24) is 9.80 Å². The predicted octanol–water partition coefficient (Wildman–Crippen LogP) is 7.70. The summed E-state index contributed by atoms with van der Waals surface area (Å²) in [5.41, 5.74) is 0. The molecular formula is C24H48N2. The summed E-state index contributed by atoms with van der Waals surface area (Å²) in [6, 6.07) is 0. The third kappa shape index (κ3) is 11.1. The molecule has 0 fully saturated rings. The third-order valence-corrected chi connectivity index (χ3v) is 5.95. The first-order valence-corrected chi connectivity index (χ1v) is 12.0. The van der Waals surface area contributed by atoms with Crippen molar-refractivity contribution in [2.24, 2.45) is 0 Å². The van der Waals surface area contributed by atoms with Gasteiger partial charge in [0.25, 0.3) is 0 Å². The molecule has 0 aromatic rings. The standard InChI is InChI=1S/C24H48N2/c1-4-6-8-10-12-14-16-18-20-25-22-23-26(24(25)3)21-19-17-15-13-11-9-7-5-2/h22-24H,4-21H2,1-3H3. The third-order valence-electron chi connectivity index (χ3n) is 5.95. The summed E-state index contributed by atoms with van der Waals surface area (Å²) in [5.74, 6) is 0. The van der Waals surface area contributed by atoms with Crippen LogP contribution >= 0.6 is 0 Å². The maximum absolute atomic E-state index is 2.54. The number of rotatable bonds is 18. The van der Waals surface area contributed by atoms with Crippen LogP contribution in [0.25, 0.3) is 0 Å². The fourth-order valence-corrected chi connectivity index (χ4v) is 3.99. The van der Waals surface area contributed by atoms with Crippen molar-refractivity contribution in [2.45, 2.75) is 130 Å². The quantitative estimate of drug-likeness (QED) is 0.230. The second kappa shape index (κ2) is 16.5. The summed E-state index contributed by atoms with van der Waals surface area (Å²) < 4.78 is 0. The first-order valence-electron chi connectivity index (χ1n) is 12.0. The van der Waals surface area contributed by atoms with Gasteiger partial charge in [-0.3, -0.25) is 0 Å². The van der Waals surface area contributed by atoms with Gasteiger partial charge in [-0.2, -0.15) is 0 Å². The molecule has 26 heavy (non-hydrogen) atoms. The van der Waals surface area contributed by atoms with Gasteiger partial charge in [0.1, 0.15) is 0 Å². The lowest BCUT2D eigenvalue weighted by atomic mass is 10.1. The highest BCUT2D eigenvalue weighted by molar-refractivity contribution is 4.95. The van der Waals surface area contributed by atoms with Crippen LogP contribution < -0.4 is 0 Å². The zero-order valence-electron chi connectivity index (χ0n) is 18.4. The Morgan fingerprint density at radius 2 is 0.808 bits per heavy atom. The molecule has 0 N–H and O–H groups in total. The van der Waals surface area contributed by atoms with E-state index in [2.05, 4.69) is 43.0 Å². The molecule has 2 heteroatoms. The smallest absolute Gasteiger partial charge is 0.0977 e. The molecule has 154 valence electrons. The Labute approximate surface area is 165 Å². The lowest BCUT2D eigenvalue weighted by molar-refractivity contribution is 0.165. The predicted molar refractivity (Wildman–Crippen MR) is 117 cm³/mol. The number of hydrogen-bond donors (Lipinski definition) is 0. The largest absolute Gasteiger partial charge is 0.356 e. The molecule has 0 atom stereocenters. The average Bonchev–Trinajstić information content (AvgIpc) is 2.99. The molecule has 0 bridgehead atoms. The summed E-state index contributed by atoms with van der Waals surface area (Å²) in [7, 11) is 0. The van der Waals surface area contributed by atoms with Crippen molar-refractivity contribution in [2.75, 3.05) is 13.1 Å². The van der Waals surface area contributed by atoms with E-state index >= 15 is 0 Å². The fourth-order valence-electron chi connectivity index (χ4n) is 3.99. The SMILES string of the molecule is CCCCCCCCCCN1C=CN(CCCCCCCCCC)C1C. The van der Waals surface area contributed by atoms with Crippen molar-refractivity contribution in [1.29, 1.82) is 0 Å². The van der Waals surface area contributed by atoms with Gasteiger partial charge in [0.05, 0.1) is 6.17 Å². The van der Waals surface area contributed by atoms with Crippen molar-refractivity contribution in [3.63, 3.8) is 0 Å². The first-order chi connectivity index (χ1) is 12.8. The summed E-state index contributed by atoms with van der Waals surface area (Å²) in [4.78, 5) is 5.09. The molecule has 0 aromatic carbocycles. The van der Waals surface area contributed by atoms with E-state index in [1.807, 2.05) is 0 Å². The van der Waals surface area contributed by atoms with Crippen LogP contribution in [0.5, 0.6) is 0 Å². The van der Waals surface area contributed by atoms with Gasteiger partial charge in [-0.15, -0.1) is 0 Å². The Kier molecular flexibility index (Phi) is 14.8. The van der Waals surface area contributed by atoms with E-state index in [1.165, 1.54) is 116 Å². The molecule has 0 aromatic heterocycles. The van der Waals surface area contributed by atoms with E-state index in [4.69, 9.17) is 0 Å². The van der Waals surface area contributed by atoms with E-state index in [0.29, 0.717) is 6.17 Å². The van der Waals surface area contributed by atoms with E-state index < -0.39 is 0 Å². The van der Waals surface area contributed by atoms with Gasteiger partial charge < -0.3 is 9.80 Å². The number of hydrogen-bond acceptors (Lipinski definition) is 2. The molecule has 0 saturated heterocycles. The van der Waals surface area contributed by atoms with Crippen LogP contribution in [0.2, 0.25) is 0 Å². The van der Waals surface area contributed by atoms with Crippen LogP contribution in [0.4, 0.5) is 0 Å². The highest BCUT2D eigenvalue weighted by atomic mass is 15.4. The molecule has 0 spiro atoms. The summed E-state index contributed by atoms with van der Waals surface area (Å²) in [6.45, 7) is 9.43. The topological polar surface area (TPSA) is 6.48 Å². The van der Waals surface area contributed by atoms with Gasteiger partial charge in [0.15, 0.2) is 0 Å². The molecule has 0 amide bonds. The van der Waals surface area contributed by atoms with Gasteiger partial charge in [0, 0.05) is 25.5 Å². The molecule has 0 saturated carbocycles. The van der Waals surface area contributed by atoms with Crippen molar-refractivity contribution >= 4 is 0 Å². The summed E-state index contributed by atoms with van der Waals surface area (Å²) in [5, 5.41) is 0. The maximum atomic E-state index is 2.54. The van der Waals surface area contributed by atoms with Gasteiger partial charge in [-0.1, -0.05) is 104 Å².